The fourth-order valence-corrected chi connectivity index (χ4v) is 2.86. The first kappa shape index (κ1) is 16.1. The summed E-state index contributed by atoms with van der Waals surface area (Å²) in [4.78, 5) is 16.8. The van der Waals surface area contributed by atoms with E-state index in [1.165, 1.54) is 0 Å². The maximum atomic E-state index is 12.5. The SMILES string of the molecule is CCNC(C)(C)C(=O)N1CCN(c2ccc(Cl)cc2)CC1. The summed E-state index contributed by atoms with van der Waals surface area (Å²) in [5.41, 5.74) is 0.675. The molecule has 0 saturated carbocycles. The Kier molecular flexibility index (Phi) is 5.12. The van der Waals surface area contributed by atoms with Crippen LogP contribution in [-0.4, -0.2) is 49.1 Å². The number of amides is 1. The maximum Gasteiger partial charge on any atom is 0.242 e. The fraction of sp³-hybridized carbons (Fsp3) is 0.562. The predicted molar refractivity (Wildman–Crippen MR) is 88.0 cm³/mol. The quantitative estimate of drug-likeness (QED) is 0.927. The highest BCUT2D eigenvalue weighted by Crippen LogP contribution is 2.20. The van der Waals surface area contributed by atoms with Crippen molar-refractivity contribution in [2.45, 2.75) is 26.3 Å². The average molecular weight is 310 g/mol. The summed E-state index contributed by atoms with van der Waals surface area (Å²) in [5.74, 6) is 0.181. The molecule has 1 fully saturated rings. The highest BCUT2D eigenvalue weighted by atomic mass is 35.5. The third-order valence-corrected chi connectivity index (χ3v) is 4.16. The van der Waals surface area contributed by atoms with Crippen LogP contribution in [0.1, 0.15) is 20.8 Å². The minimum absolute atomic E-state index is 0.181. The Hall–Kier alpha value is -1.26. The summed E-state index contributed by atoms with van der Waals surface area (Å²) in [6.07, 6.45) is 0. The highest BCUT2D eigenvalue weighted by Gasteiger charge is 2.32. The van der Waals surface area contributed by atoms with Crippen molar-refractivity contribution in [2.24, 2.45) is 0 Å². The second-order valence-corrected chi connectivity index (χ2v) is 6.35. The molecule has 0 atom stereocenters. The first-order chi connectivity index (χ1) is 9.94. The first-order valence-corrected chi connectivity index (χ1v) is 7.87. The number of benzene rings is 1. The average Bonchev–Trinajstić information content (AvgIpc) is 2.47. The molecule has 21 heavy (non-hydrogen) atoms. The van der Waals surface area contributed by atoms with Crippen LogP contribution in [0.5, 0.6) is 0 Å². The fourth-order valence-electron chi connectivity index (χ4n) is 2.73. The van der Waals surface area contributed by atoms with Gasteiger partial charge in [0.1, 0.15) is 0 Å². The van der Waals surface area contributed by atoms with Crippen molar-refractivity contribution < 1.29 is 4.79 Å². The molecule has 0 radical (unpaired) electrons. The molecule has 116 valence electrons. The lowest BCUT2D eigenvalue weighted by Crippen LogP contribution is -2.58. The van der Waals surface area contributed by atoms with Gasteiger partial charge in [0, 0.05) is 36.9 Å². The van der Waals surface area contributed by atoms with Crippen LogP contribution in [0.4, 0.5) is 5.69 Å². The van der Waals surface area contributed by atoms with E-state index in [0.717, 1.165) is 43.4 Å². The van der Waals surface area contributed by atoms with Gasteiger partial charge in [-0.25, -0.2) is 0 Å². The Morgan fingerprint density at radius 3 is 2.29 bits per heavy atom. The molecule has 1 N–H and O–H groups in total. The van der Waals surface area contributed by atoms with Gasteiger partial charge in [-0.05, 0) is 44.7 Å². The molecule has 0 aromatic heterocycles. The van der Waals surface area contributed by atoms with Crippen LogP contribution in [0.2, 0.25) is 5.02 Å². The van der Waals surface area contributed by atoms with Gasteiger partial charge >= 0.3 is 0 Å². The zero-order valence-corrected chi connectivity index (χ0v) is 13.8. The minimum atomic E-state index is -0.489. The second kappa shape index (κ2) is 6.67. The molecule has 0 aliphatic carbocycles. The van der Waals surface area contributed by atoms with E-state index in [0.29, 0.717) is 0 Å². The van der Waals surface area contributed by atoms with Crippen molar-refractivity contribution in [3.63, 3.8) is 0 Å². The number of anilines is 1. The first-order valence-electron chi connectivity index (χ1n) is 7.49. The number of carbonyl (C=O) groups excluding carboxylic acids is 1. The van der Waals surface area contributed by atoms with E-state index in [1.807, 2.05) is 49.9 Å². The van der Waals surface area contributed by atoms with Crippen molar-refractivity contribution in [3.8, 4) is 0 Å². The van der Waals surface area contributed by atoms with Crippen LogP contribution in [-0.2, 0) is 4.79 Å². The summed E-state index contributed by atoms with van der Waals surface area (Å²) < 4.78 is 0. The van der Waals surface area contributed by atoms with E-state index in [2.05, 4.69) is 10.2 Å². The molecule has 1 heterocycles. The van der Waals surface area contributed by atoms with Crippen molar-refractivity contribution in [1.82, 2.24) is 10.2 Å². The van der Waals surface area contributed by atoms with Crippen LogP contribution in [0, 0.1) is 0 Å². The third kappa shape index (κ3) is 3.89. The zero-order chi connectivity index (χ0) is 15.5. The Morgan fingerprint density at radius 1 is 1.19 bits per heavy atom. The van der Waals surface area contributed by atoms with Gasteiger partial charge in [0.05, 0.1) is 5.54 Å². The maximum absolute atomic E-state index is 12.5. The van der Waals surface area contributed by atoms with E-state index in [4.69, 9.17) is 11.6 Å². The molecule has 0 unspecified atom stereocenters. The molecule has 0 spiro atoms. The number of nitrogens with zero attached hydrogens (tertiary/aromatic N) is 2. The van der Waals surface area contributed by atoms with Gasteiger partial charge in [-0.1, -0.05) is 18.5 Å². The summed E-state index contributed by atoms with van der Waals surface area (Å²) in [7, 11) is 0. The van der Waals surface area contributed by atoms with Gasteiger partial charge in [0.25, 0.3) is 0 Å². The number of hydrogen-bond acceptors (Lipinski definition) is 3. The zero-order valence-electron chi connectivity index (χ0n) is 13.0. The lowest BCUT2D eigenvalue weighted by atomic mass is 10.0. The van der Waals surface area contributed by atoms with Gasteiger partial charge in [-0.2, -0.15) is 0 Å². The summed E-state index contributed by atoms with van der Waals surface area (Å²) in [5, 5.41) is 4.00. The van der Waals surface area contributed by atoms with Gasteiger partial charge in [0.2, 0.25) is 5.91 Å². The second-order valence-electron chi connectivity index (χ2n) is 5.91. The van der Waals surface area contributed by atoms with Gasteiger partial charge in [0.15, 0.2) is 0 Å². The molecule has 1 aliphatic rings. The van der Waals surface area contributed by atoms with Gasteiger partial charge in [-0.15, -0.1) is 0 Å². The standard InChI is InChI=1S/C16H24ClN3O/c1-4-18-16(2,3)15(21)20-11-9-19(10-12-20)14-7-5-13(17)6-8-14/h5-8,18H,4,9-12H2,1-3H3. The number of rotatable bonds is 4. The van der Waals surface area contributed by atoms with Crippen LogP contribution < -0.4 is 10.2 Å². The van der Waals surface area contributed by atoms with E-state index in [-0.39, 0.29) is 5.91 Å². The molecular weight excluding hydrogens is 286 g/mol. The van der Waals surface area contributed by atoms with Crippen molar-refractivity contribution >= 4 is 23.2 Å². The van der Waals surface area contributed by atoms with E-state index >= 15 is 0 Å². The summed E-state index contributed by atoms with van der Waals surface area (Å²) >= 11 is 5.92. The molecule has 1 aromatic carbocycles. The molecule has 1 aliphatic heterocycles. The summed E-state index contributed by atoms with van der Waals surface area (Å²) in [6, 6.07) is 7.87. The molecule has 0 bridgehead atoms. The number of halogens is 1. The van der Waals surface area contributed by atoms with Gasteiger partial charge in [-0.3, -0.25) is 4.79 Å². The molecule has 5 heteroatoms. The number of hydrogen-bond donors (Lipinski definition) is 1. The van der Waals surface area contributed by atoms with Crippen LogP contribution in [0.15, 0.2) is 24.3 Å². The molecule has 2 rings (SSSR count). The summed E-state index contributed by atoms with van der Waals surface area (Å²) in [6.45, 7) is 9.95. The van der Waals surface area contributed by atoms with Crippen molar-refractivity contribution in [3.05, 3.63) is 29.3 Å². The molecular formula is C16H24ClN3O. The van der Waals surface area contributed by atoms with E-state index in [9.17, 15) is 4.79 Å². The molecule has 1 saturated heterocycles. The number of piperazine rings is 1. The van der Waals surface area contributed by atoms with Crippen LogP contribution in [0.25, 0.3) is 0 Å². The Labute approximate surface area is 132 Å². The van der Waals surface area contributed by atoms with Gasteiger partial charge < -0.3 is 15.1 Å². The number of carbonyl (C=O) groups is 1. The highest BCUT2D eigenvalue weighted by molar-refractivity contribution is 6.30. The Balaban J connectivity index is 1.94. The van der Waals surface area contributed by atoms with E-state index < -0.39 is 5.54 Å². The van der Waals surface area contributed by atoms with Crippen molar-refractivity contribution in [2.75, 3.05) is 37.6 Å². The monoisotopic (exact) mass is 309 g/mol. The van der Waals surface area contributed by atoms with Crippen molar-refractivity contribution in [1.29, 1.82) is 0 Å². The number of likely N-dealkylation sites (N-methyl/N-ethyl adjacent to an activating group) is 1. The normalized spacial score (nSPS) is 16.2. The Bertz CT molecular complexity index is 479. The minimum Gasteiger partial charge on any atom is -0.368 e. The van der Waals surface area contributed by atoms with Crippen LogP contribution >= 0.6 is 11.6 Å². The Morgan fingerprint density at radius 2 is 1.76 bits per heavy atom. The molecule has 1 amide bonds. The third-order valence-electron chi connectivity index (χ3n) is 3.91. The predicted octanol–water partition coefficient (Wildman–Crippen LogP) is 2.38. The molecule has 1 aromatic rings. The largest absolute Gasteiger partial charge is 0.368 e. The topological polar surface area (TPSA) is 35.6 Å². The van der Waals surface area contributed by atoms with Crippen LogP contribution in [0.3, 0.4) is 0 Å². The van der Waals surface area contributed by atoms with E-state index in [1.54, 1.807) is 0 Å². The number of nitrogens with one attached hydrogen (secondary N) is 1. The smallest absolute Gasteiger partial charge is 0.242 e. The molecule has 4 nitrogen and oxygen atoms in total. The lowest BCUT2D eigenvalue weighted by molar-refractivity contribution is -0.137. The lowest BCUT2D eigenvalue weighted by Gasteiger charge is -2.39.